The monoisotopic (exact) mass is 365 g/mol. The summed E-state index contributed by atoms with van der Waals surface area (Å²) in [6.07, 6.45) is 2.98. The van der Waals surface area contributed by atoms with E-state index >= 15 is 0 Å². The fourth-order valence-corrected chi connectivity index (χ4v) is 2.18. The molecule has 0 unspecified atom stereocenters. The van der Waals surface area contributed by atoms with Crippen LogP contribution in [0.5, 0.6) is 0 Å². The van der Waals surface area contributed by atoms with E-state index in [1.165, 1.54) is 6.20 Å². The van der Waals surface area contributed by atoms with Crippen molar-refractivity contribution in [3.05, 3.63) is 46.7 Å². The van der Waals surface area contributed by atoms with Gasteiger partial charge in [-0.25, -0.2) is 9.48 Å². The van der Waals surface area contributed by atoms with Crippen molar-refractivity contribution in [2.24, 2.45) is 5.92 Å². The van der Waals surface area contributed by atoms with E-state index in [0.29, 0.717) is 5.56 Å². The number of hydrogen-bond donors (Lipinski definition) is 2. The first-order valence-electron chi connectivity index (χ1n) is 6.72. The van der Waals surface area contributed by atoms with Crippen LogP contribution in [0.25, 0.3) is 5.69 Å². The van der Waals surface area contributed by atoms with Crippen molar-refractivity contribution >= 4 is 27.8 Å². The van der Waals surface area contributed by atoms with Crippen molar-refractivity contribution in [3.63, 3.8) is 0 Å². The summed E-state index contributed by atoms with van der Waals surface area (Å²) in [4.78, 5) is 23.3. The molecule has 0 saturated heterocycles. The number of nitrogens with one attached hydrogen (secondary N) is 1. The predicted molar refractivity (Wildman–Crippen MR) is 85.0 cm³/mol. The lowest BCUT2D eigenvalue weighted by Gasteiger charge is -2.17. The van der Waals surface area contributed by atoms with Gasteiger partial charge in [0, 0.05) is 10.7 Å². The van der Waals surface area contributed by atoms with Crippen molar-refractivity contribution in [1.82, 2.24) is 15.1 Å². The third kappa shape index (κ3) is 3.73. The van der Waals surface area contributed by atoms with Gasteiger partial charge in [-0.1, -0.05) is 29.8 Å². The second-order valence-electron chi connectivity index (χ2n) is 5.18. The van der Waals surface area contributed by atoms with Crippen LogP contribution < -0.4 is 5.32 Å². The van der Waals surface area contributed by atoms with Crippen LogP contribution in [0.4, 0.5) is 0 Å². The standard InChI is InChI=1S/C15H16BrN3O3/c1-9(2)13(15(21)22)18-14(20)10-7-17-19(8-10)12-5-3-11(16)4-6-12/h3-9,13H,1-2H3,(H,18,20)(H,21,22)/t13-/m0/s1. The zero-order chi connectivity index (χ0) is 16.3. The lowest BCUT2D eigenvalue weighted by atomic mass is 10.0. The Hall–Kier alpha value is -2.15. The van der Waals surface area contributed by atoms with Crippen LogP contribution in [-0.4, -0.2) is 32.8 Å². The molecular weight excluding hydrogens is 350 g/mol. The van der Waals surface area contributed by atoms with Crippen LogP contribution in [-0.2, 0) is 4.79 Å². The summed E-state index contributed by atoms with van der Waals surface area (Å²) in [7, 11) is 0. The van der Waals surface area contributed by atoms with Crippen molar-refractivity contribution < 1.29 is 14.7 Å². The topological polar surface area (TPSA) is 84.2 Å². The summed E-state index contributed by atoms with van der Waals surface area (Å²) in [6, 6.07) is 6.52. The minimum atomic E-state index is -1.05. The van der Waals surface area contributed by atoms with Crippen LogP contribution in [0, 0.1) is 5.92 Å². The average molecular weight is 366 g/mol. The van der Waals surface area contributed by atoms with Gasteiger partial charge in [-0.3, -0.25) is 4.79 Å². The number of carbonyl (C=O) groups is 2. The largest absolute Gasteiger partial charge is 0.480 e. The molecule has 0 aliphatic rings. The van der Waals surface area contributed by atoms with Gasteiger partial charge in [-0.2, -0.15) is 5.10 Å². The Labute approximate surface area is 136 Å². The van der Waals surface area contributed by atoms with Crippen molar-refractivity contribution in [3.8, 4) is 5.69 Å². The molecular formula is C15H16BrN3O3. The lowest BCUT2D eigenvalue weighted by molar-refractivity contribution is -0.140. The summed E-state index contributed by atoms with van der Waals surface area (Å²) in [5.74, 6) is -1.71. The molecule has 0 bridgehead atoms. The van der Waals surface area contributed by atoms with Crippen molar-refractivity contribution in [1.29, 1.82) is 0 Å². The molecule has 0 fully saturated rings. The van der Waals surface area contributed by atoms with E-state index in [1.54, 1.807) is 24.7 Å². The van der Waals surface area contributed by atoms with Crippen LogP contribution in [0.2, 0.25) is 0 Å². The molecule has 22 heavy (non-hydrogen) atoms. The van der Waals surface area contributed by atoms with E-state index in [4.69, 9.17) is 5.11 Å². The summed E-state index contributed by atoms with van der Waals surface area (Å²) in [5.41, 5.74) is 1.12. The van der Waals surface area contributed by atoms with Crippen LogP contribution >= 0.6 is 15.9 Å². The number of carboxylic acids is 1. The molecule has 1 aromatic carbocycles. The Bertz CT molecular complexity index is 680. The Morgan fingerprint density at radius 2 is 1.91 bits per heavy atom. The SMILES string of the molecule is CC(C)[C@H](NC(=O)c1cnn(-c2ccc(Br)cc2)c1)C(=O)O. The minimum absolute atomic E-state index is 0.206. The molecule has 0 aliphatic heterocycles. The maximum absolute atomic E-state index is 12.1. The normalized spacial score (nSPS) is 12.2. The molecule has 7 heteroatoms. The highest BCUT2D eigenvalue weighted by Gasteiger charge is 2.24. The summed E-state index contributed by atoms with van der Waals surface area (Å²) in [6.45, 7) is 3.48. The molecule has 1 aromatic heterocycles. The highest BCUT2D eigenvalue weighted by atomic mass is 79.9. The van der Waals surface area contributed by atoms with E-state index < -0.39 is 17.9 Å². The molecule has 1 heterocycles. The minimum Gasteiger partial charge on any atom is -0.480 e. The maximum atomic E-state index is 12.1. The fraction of sp³-hybridized carbons (Fsp3) is 0.267. The Balaban J connectivity index is 2.15. The van der Waals surface area contributed by atoms with Crippen LogP contribution in [0.1, 0.15) is 24.2 Å². The predicted octanol–water partition coefficient (Wildman–Crippen LogP) is 2.47. The number of rotatable bonds is 5. The molecule has 0 saturated carbocycles. The van der Waals surface area contributed by atoms with Crippen molar-refractivity contribution in [2.45, 2.75) is 19.9 Å². The molecule has 0 spiro atoms. The molecule has 6 nitrogen and oxygen atoms in total. The van der Waals surface area contributed by atoms with Gasteiger partial charge in [0.05, 0.1) is 17.4 Å². The van der Waals surface area contributed by atoms with E-state index in [0.717, 1.165) is 10.2 Å². The van der Waals surface area contributed by atoms with E-state index in [-0.39, 0.29) is 5.92 Å². The summed E-state index contributed by atoms with van der Waals surface area (Å²) < 4.78 is 2.51. The number of carbonyl (C=O) groups excluding carboxylic acids is 1. The third-order valence-electron chi connectivity index (χ3n) is 3.16. The molecule has 116 valence electrons. The van der Waals surface area contributed by atoms with E-state index in [2.05, 4.69) is 26.3 Å². The Morgan fingerprint density at radius 1 is 1.27 bits per heavy atom. The summed E-state index contributed by atoms with van der Waals surface area (Å²) >= 11 is 3.35. The highest BCUT2D eigenvalue weighted by Crippen LogP contribution is 2.14. The second-order valence-corrected chi connectivity index (χ2v) is 6.10. The number of amides is 1. The number of aromatic nitrogens is 2. The van der Waals surface area contributed by atoms with Crippen molar-refractivity contribution in [2.75, 3.05) is 0 Å². The van der Waals surface area contributed by atoms with Gasteiger partial charge in [0.15, 0.2) is 0 Å². The molecule has 0 radical (unpaired) electrons. The zero-order valence-electron chi connectivity index (χ0n) is 12.2. The molecule has 0 aliphatic carbocycles. The Kier molecular flexibility index (Phi) is 4.97. The fourth-order valence-electron chi connectivity index (χ4n) is 1.91. The number of hydrogen-bond acceptors (Lipinski definition) is 3. The second kappa shape index (κ2) is 6.74. The zero-order valence-corrected chi connectivity index (χ0v) is 13.7. The molecule has 1 atom stereocenters. The first kappa shape index (κ1) is 16.2. The summed E-state index contributed by atoms with van der Waals surface area (Å²) in [5, 5.41) is 15.7. The van der Waals surface area contributed by atoms with Gasteiger partial charge >= 0.3 is 5.97 Å². The van der Waals surface area contributed by atoms with Gasteiger partial charge in [0.1, 0.15) is 6.04 Å². The van der Waals surface area contributed by atoms with Gasteiger partial charge in [0.2, 0.25) is 0 Å². The van der Waals surface area contributed by atoms with Gasteiger partial charge in [-0.15, -0.1) is 0 Å². The number of nitrogens with zero attached hydrogens (tertiary/aromatic N) is 2. The first-order chi connectivity index (χ1) is 10.4. The van der Waals surface area contributed by atoms with Crippen LogP contribution in [0.15, 0.2) is 41.1 Å². The van der Waals surface area contributed by atoms with Crippen LogP contribution in [0.3, 0.4) is 0 Å². The first-order valence-corrected chi connectivity index (χ1v) is 7.52. The third-order valence-corrected chi connectivity index (χ3v) is 3.68. The molecule has 2 aromatic rings. The lowest BCUT2D eigenvalue weighted by Crippen LogP contribution is -2.44. The van der Waals surface area contributed by atoms with E-state index in [9.17, 15) is 9.59 Å². The number of benzene rings is 1. The maximum Gasteiger partial charge on any atom is 0.326 e. The number of halogens is 1. The number of aliphatic carboxylic acids is 1. The average Bonchev–Trinajstić information content (AvgIpc) is 2.94. The van der Waals surface area contributed by atoms with Gasteiger partial charge in [-0.05, 0) is 30.2 Å². The quantitative estimate of drug-likeness (QED) is 0.852. The highest BCUT2D eigenvalue weighted by molar-refractivity contribution is 9.10. The number of carboxylic acid groups (broad SMARTS) is 1. The molecule has 1 amide bonds. The van der Waals surface area contributed by atoms with Gasteiger partial charge in [0.25, 0.3) is 5.91 Å². The molecule has 2 rings (SSSR count). The molecule has 2 N–H and O–H groups in total. The van der Waals surface area contributed by atoms with E-state index in [1.807, 2.05) is 24.3 Å². The smallest absolute Gasteiger partial charge is 0.326 e. The Morgan fingerprint density at radius 3 is 2.45 bits per heavy atom. The van der Waals surface area contributed by atoms with Gasteiger partial charge < -0.3 is 10.4 Å².